The fraction of sp³-hybridized carbons (Fsp3) is 1.00. The molecule has 0 aromatic carbocycles. The number of unbranched alkanes of at least 4 members (excludes halogenated alkanes) is 5. The first-order valence-corrected chi connectivity index (χ1v) is 10.4. The summed E-state index contributed by atoms with van der Waals surface area (Å²) in [5, 5.41) is 0. The van der Waals surface area contributed by atoms with Gasteiger partial charge in [-0.1, -0.05) is 45.4 Å². The second kappa shape index (κ2) is 19.5. The van der Waals surface area contributed by atoms with E-state index in [1.165, 1.54) is 38.5 Å². The Hall–Kier alpha value is -0.240. The van der Waals surface area contributed by atoms with Gasteiger partial charge in [-0.2, -0.15) is 0 Å². The van der Waals surface area contributed by atoms with Gasteiger partial charge in [0, 0.05) is 0 Å². The topological polar surface area (TPSA) is 55.4 Å². The summed E-state index contributed by atoms with van der Waals surface area (Å²) in [6, 6.07) is 0. The summed E-state index contributed by atoms with van der Waals surface area (Å²) in [7, 11) is 0. The fourth-order valence-electron chi connectivity index (χ4n) is 2.74. The van der Waals surface area contributed by atoms with E-state index in [0.29, 0.717) is 72.7 Å². The van der Waals surface area contributed by atoms with Crippen molar-refractivity contribution < 1.29 is 28.4 Å². The predicted molar refractivity (Wildman–Crippen MR) is 102 cm³/mol. The zero-order valence-corrected chi connectivity index (χ0v) is 16.8. The van der Waals surface area contributed by atoms with Crippen LogP contribution < -0.4 is 0 Å². The standard InChI is InChI=1S/C20H40O6/c1-2-3-4-5-6-7-8-20-19-25-16-15-23-12-11-21-9-10-22-13-14-24-17-18-26-20/h20H,2-19H2,1H3. The summed E-state index contributed by atoms with van der Waals surface area (Å²) in [5.41, 5.74) is 0. The maximum absolute atomic E-state index is 5.96. The molecule has 0 radical (unpaired) electrons. The van der Waals surface area contributed by atoms with Crippen molar-refractivity contribution in [3.63, 3.8) is 0 Å². The molecule has 0 aliphatic carbocycles. The maximum Gasteiger partial charge on any atom is 0.0809 e. The first-order chi connectivity index (χ1) is 12.9. The molecule has 6 nitrogen and oxygen atoms in total. The molecule has 26 heavy (non-hydrogen) atoms. The van der Waals surface area contributed by atoms with Crippen LogP contribution in [-0.2, 0) is 28.4 Å². The molecule has 0 bridgehead atoms. The van der Waals surface area contributed by atoms with Crippen LogP contribution in [0.2, 0.25) is 0 Å². The predicted octanol–water partition coefficient (Wildman–Crippen LogP) is 3.22. The second-order valence-electron chi connectivity index (χ2n) is 6.57. The summed E-state index contributed by atoms with van der Waals surface area (Å²) in [5.74, 6) is 0. The number of hydrogen-bond acceptors (Lipinski definition) is 6. The molecule has 1 rings (SSSR count). The highest BCUT2D eigenvalue weighted by molar-refractivity contribution is 4.58. The molecule has 0 amide bonds. The molecule has 1 aliphatic heterocycles. The third kappa shape index (κ3) is 16.0. The minimum absolute atomic E-state index is 0.142. The average molecular weight is 377 g/mol. The normalized spacial score (nSPS) is 23.2. The van der Waals surface area contributed by atoms with E-state index in [0.717, 1.165) is 6.42 Å². The van der Waals surface area contributed by atoms with Gasteiger partial charge in [-0.15, -0.1) is 0 Å². The Morgan fingerprint density at radius 2 is 1.00 bits per heavy atom. The Balaban J connectivity index is 2.19. The van der Waals surface area contributed by atoms with E-state index in [-0.39, 0.29) is 6.10 Å². The first kappa shape index (κ1) is 23.8. The Morgan fingerprint density at radius 1 is 0.538 bits per heavy atom. The van der Waals surface area contributed by atoms with Crippen molar-refractivity contribution in [3.05, 3.63) is 0 Å². The monoisotopic (exact) mass is 376 g/mol. The maximum atomic E-state index is 5.96. The van der Waals surface area contributed by atoms with Crippen LogP contribution in [0.1, 0.15) is 51.9 Å². The smallest absolute Gasteiger partial charge is 0.0809 e. The van der Waals surface area contributed by atoms with Gasteiger partial charge in [-0.05, 0) is 6.42 Å². The van der Waals surface area contributed by atoms with E-state index in [2.05, 4.69) is 6.92 Å². The molecular weight excluding hydrogens is 336 g/mol. The van der Waals surface area contributed by atoms with Crippen LogP contribution in [0.5, 0.6) is 0 Å². The molecule has 0 aromatic rings. The summed E-state index contributed by atoms with van der Waals surface area (Å²) in [6.07, 6.45) is 8.95. The van der Waals surface area contributed by atoms with Crippen LogP contribution in [0.25, 0.3) is 0 Å². The van der Waals surface area contributed by atoms with Gasteiger partial charge in [-0.25, -0.2) is 0 Å². The molecule has 1 unspecified atom stereocenters. The zero-order valence-electron chi connectivity index (χ0n) is 16.8. The summed E-state index contributed by atoms with van der Waals surface area (Å²) in [6.45, 7) is 8.77. The largest absolute Gasteiger partial charge is 0.377 e. The van der Waals surface area contributed by atoms with Gasteiger partial charge in [0.25, 0.3) is 0 Å². The third-order valence-corrected chi connectivity index (χ3v) is 4.25. The van der Waals surface area contributed by atoms with E-state index < -0.39 is 0 Å². The molecule has 1 fully saturated rings. The highest BCUT2D eigenvalue weighted by Gasteiger charge is 2.10. The van der Waals surface area contributed by atoms with Gasteiger partial charge in [0.2, 0.25) is 0 Å². The molecule has 0 saturated carbocycles. The summed E-state index contributed by atoms with van der Waals surface area (Å²) in [4.78, 5) is 0. The molecule has 1 saturated heterocycles. The summed E-state index contributed by atoms with van der Waals surface area (Å²) < 4.78 is 33.6. The van der Waals surface area contributed by atoms with E-state index in [4.69, 9.17) is 28.4 Å². The van der Waals surface area contributed by atoms with Gasteiger partial charge in [0.1, 0.15) is 0 Å². The number of ether oxygens (including phenoxy) is 6. The lowest BCUT2D eigenvalue weighted by atomic mass is 10.1. The van der Waals surface area contributed by atoms with E-state index in [1.807, 2.05) is 0 Å². The minimum atomic E-state index is 0.142. The molecule has 1 atom stereocenters. The van der Waals surface area contributed by atoms with Crippen LogP contribution in [0.15, 0.2) is 0 Å². The van der Waals surface area contributed by atoms with Gasteiger partial charge in [0.05, 0.1) is 78.8 Å². The Labute approximate surface area is 159 Å². The highest BCUT2D eigenvalue weighted by Crippen LogP contribution is 2.11. The quantitative estimate of drug-likeness (QED) is 0.636. The fourth-order valence-corrected chi connectivity index (χ4v) is 2.74. The lowest BCUT2D eigenvalue weighted by Gasteiger charge is -2.18. The zero-order chi connectivity index (χ0) is 18.5. The van der Waals surface area contributed by atoms with Crippen molar-refractivity contribution in [2.24, 2.45) is 0 Å². The van der Waals surface area contributed by atoms with Crippen molar-refractivity contribution >= 4 is 0 Å². The van der Waals surface area contributed by atoms with Crippen LogP contribution in [-0.4, -0.2) is 78.8 Å². The SMILES string of the molecule is CCCCCCCCC1COCCOCCOCCOCCOCCO1. The first-order valence-electron chi connectivity index (χ1n) is 10.4. The van der Waals surface area contributed by atoms with Crippen molar-refractivity contribution in [1.29, 1.82) is 0 Å². The Kier molecular flexibility index (Phi) is 17.9. The lowest BCUT2D eigenvalue weighted by Crippen LogP contribution is -2.24. The van der Waals surface area contributed by atoms with E-state index in [1.54, 1.807) is 0 Å². The molecular formula is C20H40O6. The average Bonchev–Trinajstić information content (AvgIpc) is 2.65. The molecule has 1 heterocycles. The molecule has 0 aromatic heterocycles. The highest BCUT2D eigenvalue weighted by atomic mass is 16.6. The molecule has 156 valence electrons. The van der Waals surface area contributed by atoms with Gasteiger partial charge in [-0.3, -0.25) is 0 Å². The van der Waals surface area contributed by atoms with Crippen molar-refractivity contribution in [3.8, 4) is 0 Å². The Morgan fingerprint density at radius 3 is 1.58 bits per heavy atom. The number of hydrogen-bond donors (Lipinski definition) is 0. The Bertz CT molecular complexity index is 259. The molecule has 0 spiro atoms. The van der Waals surface area contributed by atoms with Gasteiger partial charge in [0.15, 0.2) is 0 Å². The van der Waals surface area contributed by atoms with Crippen molar-refractivity contribution in [2.75, 3.05) is 72.7 Å². The third-order valence-electron chi connectivity index (χ3n) is 4.25. The minimum Gasteiger partial charge on any atom is -0.377 e. The second-order valence-corrected chi connectivity index (χ2v) is 6.57. The lowest BCUT2D eigenvalue weighted by molar-refractivity contribution is -0.0628. The molecule has 1 aliphatic rings. The van der Waals surface area contributed by atoms with Gasteiger partial charge < -0.3 is 28.4 Å². The number of rotatable bonds is 7. The van der Waals surface area contributed by atoms with Crippen molar-refractivity contribution in [2.45, 2.75) is 58.0 Å². The van der Waals surface area contributed by atoms with Crippen LogP contribution in [0, 0.1) is 0 Å². The van der Waals surface area contributed by atoms with Crippen LogP contribution in [0.3, 0.4) is 0 Å². The van der Waals surface area contributed by atoms with E-state index >= 15 is 0 Å². The van der Waals surface area contributed by atoms with Crippen LogP contribution >= 0.6 is 0 Å². The summed E-state index contributed by atoms with van der Waals surface area (Å²) >= 11 is 0. The van der Waals surface area contributed by atoms with Crippen LogP contribution in [0.4, 0.5) is 0 Å². The van der Waals surface area contributed by atoms with Crippen molar-refractivity contribution in [1.82, 2.24) is 0 Å². The molecule has 0 N–H and O–H groups in total. The van der Waals surface area contributed by atoms with E-state index in [9.17, 15) is 0 Å². The van der Waals surface area contributed by atoms with Gasteiger partial charge >= 0.3 is 0 Å². The molecule has 6 heteroatoms.